The number of hydrogen-bond donors (Lipinski definition) is 1. The van der Waals surface area contributed by atoms with E-state index in [1.807, 2.05) is 22.9 Å². The molecule has 5 rings (SSSR count). The van der Waals surface area contributed by atoms with Crippen LogP contribution in [0, 0.1) is 0 Å². The Labute approximate surface area is 198 Å². The van der Waals surface area contributed by atoms with Crippen molar-refractivity contribution in [2.75, 3.05) is 13.1 Å². The maximum Gasteiger partial charge on any atom is 0.261 e. The molecule has 1 N–H and O–H groups in total. The summed E-state index contributed by atoms with van der Waals surface area (Å²) in [6.07, 6.45) is 6.76. The summed E-state index contributed by atoms with van der Waals surface area (Å²) < 4.78 is 2.01. The van der Waals surface area contributed by atoms with E-state index in [9.17, 15) is 14.4 Å². The van der Waals surface area contributed by atoms with Gasteiger partial charge in [-0.05, 0) is 56.4 Å². The average molecular weight is 458 g/mol. The maximum absolute atomic E-state index is 12.4. The lowest BCUT2D eigenvalue weighted by Crippen LogP contribution is -2.32. The van der Waals surface area contributed by atoms with Gasteiger partial charge in [-0.3, -0.25) is 28.9 Å². The topological polar surface area (TPSA) is 97.2 Å². The Bertz CT molecular complexity index is 1200. The lowest BCUT2D eigenvalue weighted by atomic mass is 9.95. The molecular formula is C26H27N5O3. The van der Waals surface area contributed by atoms with Crippen molar-refractivity contribution < 1.29 is 14.4 Å². The molecular weight excluding hydrogens is 430 g/mol. The summed E-state index contributed by atoms with van der Waals surface area (Å²) in [5, 5.41) is 7.78. The molecule has 3 aromatic rings. The molecule has 3 heterocycles. The molecule has 0 unspecified atom stereocenters. The Morgan fingerprint density at radius 3 is 2.41 bits per heavy atom. The van der Waals surface area contributed by atoms with E-state index >= 15 is 0 Å². The van der Waals surface area contributed by atoms with Crippen LogP contribution in [-0.4, -0.2) is 50.5 Å². The van der Waals surface area contributed by atoms with Gasteiger partial charge < -0.3 is 5.32 Å². The van der Waals surface area contributed by atoms with Gasteiger partial charge in [-0.15, -0.1) is 0 Å². The number of imide groups is 1. The minimum atomic E-state index is -0.284. The molecule has 8 heteroatoms. The summed E-state index contributed by atoms with van der Waals surface area (Å²) in [6.45, 7) is 1.31. The highest BCUT2D eigenvalue weighted by atomic mass is 16.2. The van der Waals surface area contributed by atoms with Crippen LogP contribution in [0.1, 0.15) is 57.7 Å². The predicted octanol–water partition coefficient (Wildman–Crippen LogP) is 3.02. The Morgan fingerprint density at radius 2 is 1.68 bits per heavy atom. The van der Waals surface area contributed by atoms with E-state index in [1.54, 1.807) is 30.5 Å². The zero-order valence-corrected chi connectivity index (χ0v) is 19.0. The summed E-state index contributed by atoms with van der Waals surface area (Å²) in [4.78, 5) is 42.9. The first-order valence-corrected chi connectivity index (χ1v) is 11.9. The predicted molar refractivity (Wildman–Crippen MR) is 126 cm³/mol. The van der Waals surface area contributed by atoms with Gasteiger partial charge >= 0.3 is 0 Å². The van der Waals surface area contributed by atoms with E-state index in [1.165, 1.54) is 16.2 Å². The largest absolute Gasteiger partial charge is 0.354 e. The third kappa shape index (κ3) is 4.23. The van der Waals surface area contributed by atoms with Crippen LogP contribution in [0.2, 0.25) is 0 Å². The van der Waals surface area contributed by atoms with E-state index in [0.717, 1.165) is 37.1 Å². The third-order valence-electron chi connectivity index (χ3n) is 6.47. The normalized spacial score (nSPS) is 14.8. The molecule has 3 amide bonds. The van der Waals surface area contributed by atoms with E-state index in [0.29, 0.717) is 30.6 Å². The second-order valence-corrected chi connectivity index (χ2v) is 8.68. The lowest BCUT2D eigenvalue weighted by molar-refractivity contribution is -0.121. The van der Waals surface area contributed by atoms with Gasteiger partial charge in [0.2, 0.25) is 5.91 Å². The van der Waals surface area contributed by atoms with Crippen molar-refractivity contribution in [2.24, 2.45) is 0 Å². The van der Waals surface area contributed by atoms with Gasteiger partial charge in [0.25, 0.3) is 11.8 Å². The number of amides is 3. The van der Waals surface area contributed by atoms with Crippen LogP contribution in [0.3, 0.4) is 0 Å². The van der Waals surface area contributed by atoms with Gasteiger partial charge in [0.05, 0.1) is 23.4 Å². The average Bonchev–Trinajstić information content (AvgIpc) is 3.36. The van der Waals surface area contributed by atoms with Crippen molar-refractivity contribution in [2.45, 2.75) is 45.1 Å². The Balaban J connectivity index is 1.13. The molecule has 0 saturated heterocycles. The molecule has 34 heavy (non-hydrogen) atoms. The summed E-state index contributed by atoms with van der Waals surface area (Å²) in [6, 6.07) is 12.7. The first-order chi connectivity index (χ1) is 16.6. The Kier molecular flexibility index (Phi) is 6.20. The monoisotopic (exact) mass is 457 g/mol. The number of hydrogen-bond acceptors (Lipinski definition) is 5. The van der Waals surface area contributed by atoms with Crippen LogP contribution >= 0.6 is 0 Å². The summed E-state index contributed by atoms with van der Waals surface area (Å²) in [5.41, 5.74) is 5.22. The third-order valence-corrected chi connectivity index (χ3v) is 6.47. The van der Waals surface area contributed by atoms with Crippen LogP contribution in [0.4, 0.5) is 0 Å². The van der Waals surface area contributed by atoms with Gasteiger partial charge in [0, 0.05) is 37.0 Å². The highest BCUT2D eigenvalue weighted by Gasteiger charge is 2.34. The number of carbonyl (C=O) groups is 3. The molecule has 0 saturated carbocycles. The number of nitrogens with one attached hydrogen (secondary N) is 1. The second kappa shape index (κ2) is 9.59. The van der Waals surface area contributed by atoms with Crippen LogP contribution < -0.4 is 5.32 Å². The van der Waals surface area contributed by atoms with Crippen molar-refractivity contribution in [3.05, 3.63) is 71.0 Å². The Morgan fingerprint density at radius 1 is 0.941 bits per heavy atom. The van der Waals surface area contributed by atoms with Crippen LogP contribution in [0.15, 0.2) is 48.7 Å². The van der Waals surface area contributed by atoms with Crippen molar-refractivity contribution in [3.63, 3.8) is 0 Å². The summed E-state index contributed by atoms with van der Waals surface area (Å²) >= 11 is 0. The van der Waals surface area contributed by atoms with Gasteiger partial charge in [0.15, 0.2) is 0 Å². The summed E-state index contributed by atoms with van der Waals surface area (Å²) in [5.74, 6) is -0.663. The lowest BCUT2D eigenvalue weighted by Gasteiger charge is -2.15. The zero-order valence-electron chi connectivity index (χ0n) is 19.0. The molecule has 8 nitrogen and oxygen atoms in total. The van der Waals surface area contributed by atoms with Crippen LogP contribution in [0.5, 0.6) is 0 Å². The van der Waals surface area contributed by atoms with Gasteiger partial charge in [-0.1, -0.05) is 18.2 Å². The number of nitrogens with zero attached hydrogens (tertiary/aromatic N) is 4. The second-order valence-electron chi connectivity index (χ2n) is 8.68. The van der Waals surface area contributed by atoms with Crippen molar-refractivity contribution >= 4 is 17.7 Å². The smallest absolute Gasteiger partial charge is 0.261 e. The highest BCUT2D eigenvalue weighted by molar-refractivity contribution is 6.21. The van der Waals surface area contributed by atoms with Gasteiger partial charge in [0.1, 0.15) is 5.69 Å². The first kappa shape index (κ1) is 22.0. The number of rotatable bonds is 8. The minimum absolute atomic E-state index is 0.0948. The van der Waals surface area contributed by atoms with E-state index in [2.05, 4.69) is 10.3 Å². The number of pyridine rings is 1. The maximum atomic E-state index is 12.4. The van der Waals surface area contributed by atoms with Crippen molar-refractivity contribution in [1.29, 1.82) is 0 Å². The molecule has 2 aromatic heterocycles. The van der Waals surface area contributed by atoms with E-state index < -0.39 is 0 Å². The molecule has 1 aromatic carbocycles. The van der Waals surface area contributed by atoms with Crippen molar-refractivity contribution in [1.82, 2.24) is 25.0 Å². The molecule has 0 fully saturated rings. The fourth-order valence-corrected chi connectivity index (χ4v) is 4.79. The number of fused-ring (bicyclic) bond motifs is 2. The zero-order chi connectivity index (χ0) is 23.5. The molecule has 2 aliphatic rings. The summed E-state index contributed by atoms with van der Waals surface area (Å²) in [7, 11) is 0. The molecule has 0 radical (unpaired) electrons. The first-order valence-electron chi connectivity index (χ1n) is 11.9. The van der Waals surface area contributed by atoms with Crippen molar-refractivity contribution in [3.8, 4) is 11.4 Å². The van der Waals surface area contributed by atoms with Crippen LogP contribution in [0.25, 0.3) is 11.4 Å². The highest BCUT2D eigenvalue weighted by Crippen LogP contribution is 2.30. The van der Waals surface area contributed by atoms with E-state index in [4.69, 9.17) is 5.10 Å². The minimum Gasteiger partial charge on any atom is -0.354 e. The number of carbonyl (C=O) groups excluding carboxylic acids is 3. The molecule has 0 spiro atoms. The van der Waals surface area contributed by atoms with E-state index in [-0.39, 0.29) is 30.7 Å². The quantitative estimate of drug-likeness (QED) is 0.525. The molecule has 0 bridgehead atoms. The molecule has 174 valence electrons. The van der Waals surface area contributed by atoms with Crippen LogP contribution in [-0.2, 0) is 24.2 Å². The molecule has 0 atom stereocenters. The number of aromatic nitrogens is 3. The molecule has 1 aliphatic carbocycles. The standard InChI is InChI=1S/C26H27N5O3/c32-23(13-7-16-30-25(33)18-8-1-2-9-19(18)26(30)34)28-15-17-31-22-12-4-3-10-20(22)24(29-31)21-11-5-6-14-27-21/h1-2,5-6,8-9,11,14H,3-4,7,10,12-13,15-17H2,(H,28,32). The number of benzene rings is 1. The Hall–Kier alpha value is -3.81. The molecule has 1 aliphatic heterocycles. The SMILES string of the molecule is O=C(CCCN1C(=O)c2ccccc2C1=O)NCCn1nc(-c2ccccn2)c2c1CCCC2. The van der Waals surface area contributed by atoms with Gasteiger partial charge in [-0.2, -0.15) is 5.10 Å². The fourth-order valence-electron chi connectivity index (χ4n) is 4.79. The fraction of sp³-hybridized carbons (Fsp3) is 0.346. The van der Waals surface area contributed by atoms with Gasteiger partial charge in [-0.25, -0.2) is 0 Å².